The van der Waals surface area contributed by atoms with Crippen molar-refractivity contribution in [1.29, 1.82) is 0 Å². The summed E-state index contributed by atoms with van der Waals surface area (Å²) in [5, 5.41) is 9.69. The number of hydrazine groups is 1. The van der Waals surface area contributed by atoms with Gasteiger partial charge in [0.05, 0.1) is 22.6 Å². The Hall–Kier alpha value is -3.20. The number of carbonyl (C=O) groups excluding carboxylic acids is 1. The molecule has 3 aromatic heterocycles. The van der Waals surface area contributed by atoms with E-state index in [0.717, 1.165) is 50.6 Å². The molecule has 5 rings (SSSR count). The minimum Gasteiger partial charge on any atom is -0.383 e. The smallest absolute Gasteiger partial charge is 0.272 e. The number of nitrogens with zero attached hydrogens (tertiary/aromatic N) is 6. The maximum atomic E-state index is 13.6. The third-order valence-electron chi connectivity index (χ3n) is 5.53. The number of hydrogen-bond acceptors (Lipinski definition) is 6. The molecule has 9 heteroatoms. The molecule has 1 saturated heterocycles. The number of aromatic nitrogens is 4. The monoisotopic (exact) mass is 465 g/mol. The summed E-state index contributed by atoms with van der Waals surface area (Å²) in [6, 6.07) is 7.67. The molecule has 1 amide bonds. The van der Waals surface area contributed by atoms with Gasteiger partial charge in [-0.05, 0) is 59.1 Å². The highest BCUT2D eigenvalue weighted by atomic mass is 79.9. The SMILES string of the molecule is Cc1cc2nc(N)c3cnn(C)c3c2cc1C(=O)N1CCCN1c1ccc(Br)cn1. The second-order valence-corrected chi connectivity index (χ2v) is 8.37. The van der Waals surface area contributed by atoms with E-state index in [0.29, 0.717) is 17.9 Å². The summed E-state index contributed by atoms with van der Waals surface area (Å²) in [6.45, 7) is 3.32. The van der Waals surface area contributed by atoms with Crippen LogP contribution in [0.1, 0.15) is 22.3 Å². The van der Waals surface area contributed by atoms with Crippen molar-refractivity contribution in [2.24, 2.45) is 7.05 Å². The molecule has 1 aliphatic rings. The summed E-state index contributed by atoms with van der Waals surface area (Å²) in [5.41, 5.74) is 9.25. The fraction of sp³-hybridized carbons (Fsp3) is 0.238. The molecular formula is C21H20BrN7O. The molecule has 0 unspecified atom stereocenters. The van der Waals surface area contributed by atoms with Gasteiger partial charge in [-0.2, -0.15) is 5.10 Å². The van der Waals surface area contributed by atoms with Gasteiger partial charge in [0.25, 0.3) is 5.91 Å². The lowest BCUT2D eigenvalue weighted by atomic mass is 10.0. The first-order valence-corrected chi connectivity index (χ1v) is 10.5. The standard InChI is InChI=1S/C21H20BrN7O/c1-12-8-17-15(19-16(20(23)26-17)11-25-27(19)2)9-14(12)21(30)29-7-3-6-28(29)18-5-4-13(22)10-24-18/h4-5,8-11H,3,6-7H2,1-2H3,(H2,23,26). The van der Waals surface area contributed by atoms with E-state index < -0.39 is 0 Å². The van der Waals surface area contributed by atoms with Gasteiger partial charge in [-0.15, -0.1) is 0 Å². The Bertz CT molecular complexity index is 1300. The van der Waals surface area contributed by atoms with Crippen molar-refractivity contribution < 1.29 is 4.79 Å². The van der Waals surface area contributed by atoms with Gasteiger partial charge >= 0.3 is 0 Å². The maximum Gasteiger partial charge on any atom is 0.272 e. The van der Waals surface area contributed by atoms with Crippen molar-refractivity contribution in [2.45, 2.75) is 13.3 Å². The van der Waals surface area contributed by atoms with Crippen LogP contribution in [0.3, 0.4) is 0 Å². The fourth-order valence-electron chi connectivity index (χ4n) is 4.06. The summed E-state index contributed by atoms with van der Waals surface area (Å²) in [7, 11) is 1.87. The number of fused-ring (bicyclic) bond motifs is 3. The predicted molar refractivity (Wildman–Crippen MR) is 120 cm³/mol. The Morgan fingerprint density at radius 2 is 2.00 bits per heavy atom. The molecular weight excluding hydrogens is 446 g/mol. The van der Waals surface area contributed by atoms with Gasteiger partial charge < -0.3 is 5.73 Å². The summed E-state index contributed by atoms with van der Waals surface area (Å²) in [6.07, 6.45) is 4.34. The van der Waals surface area contributed by atoms with Crippen molar-refractivity contribution in [3.63, 3.8) is 0 Å². The fourth-order valence-corrected chi connectivity index (χ4v) is 4.29. The van der Waals surface area contributed by atoms with Crippen LogP contribution in [-0.4, -0.2) is 43.8 Å². The summed E-state index contributed by atoms with van der Waals surface area (Å²) >= 11 is 3.41. The van der Waals surface area contributed by atoms with Crippen molar-refractivity contribution in [1.82, 2.24) is 24.8 Å². The molecule has 1 aromatic carbocycles. The van der Waals surface area contributed by atoms with Crippen LogP contribution in [0, 0.1) is 6.92 Å². The Kier molecular flexibility index (Phi) is 4.35. The van der Waals surface area contributed by atoms with Crippen LogP contribution in [0.4, 0.5) is 11.6 Å². The van der Waals surface area contributed by atoms with Crippen LogP contribution in [0.15, 0.2) is 41.1 Å². The van der Waals surface area contributed by atoms with Gasteiger partial charge in [0.2, 0.25) is 0 Å². The molecule has 0 atom stereocenters. The first-order valence-electron chi connectivity index (χ1n) is 9.66. The quantitative estimate of drug-likeness (QED) is 0.487. The number of amides is 1. The van der Waals surface area contributed by atoms with E-state index in [1.165, 1.54) is 0 Å². The molecule has 0 aliphatic carbocycles. The Morgan fingerprint density at radius 1 is 1.17 bits per heavy atom. The molecule has 0 spiro atoms. The van der Waals surface area contributed by atoms with Crippen molar-refractivity contribution in [3.8, 4) is 0 Å². The van der Waals surface area contributed by atoms with Gasteiger partial charge in [-0.1, -0.05) is 0 Å². The van der Waals surface area contributed by atoms with Crippen molar-refractivity contribution in [3.05, 3.63) is 52.3 Å². The topological polar surface area (TPSA) is 93.2 Å². The molecule has 152 valence electrons. The van der Waals surface area contributed by atoms with Crippen LogP contribution in [-0.2, 0) is 7.05 Å². The summed E-state index contributed by atoms with van der Waals surface area (Å²) in [5.74, 6) is 1.14. The number of benzene rings is 1. The van der Waals surface area contributed by atoms with Crippen molar-refractivity contribution >= 4 is 55.3 Å². The molecule has 0 saturated carbocycles. The number of carbonyl (C=O) groups is 1. The lowest BCUT2D eigenvalue weighted by Gasteiger charge is -2.29. The molecule has 4 heterocycles. The number of anilines is 2. The highest BCUT2D eigenvalue weighted by molar-refractivity contribution is 9.10. The van der Waals surface area contributed by atoms with Gasteiger partial charge in [0, 0.05) is 41.8 Å². The van der Waals surface area contributed by atoms with Gasteiger partial charge in [0.15, 0.2) is 0 Å². The minimum absolute atomic E-state index is 0.0521. The van der Waals surface area contributed by atoms with Crippen LogP contribution < -0.4 is 10.7 Å². The number of rotatable bonds is 2. The van der Waals surface area contributed by atoms with E-state index in [1.807, 2.05) is 43.2 Å². The van der Waals surface area contributed by atoms with E-state index in [9.17, 15) is 4.79 Å². The third kappa shape index (κ3) is 2.88. The molecule has 0 radical (unpaired) electrons. The van der Waals surface area contributed by atoms with Crippen molar-refractivity contribution in [2.75, 3.05) is 23.8 Å². The predicted octanol–water partition coefficient (Wildman–Crippen LogP) is 3.44. The first kappa shape index (κ1) is 18.8. The Labute approximate surface area is 181 Å². The zero-order chi connectivity index (χ0) is 21.0. The lowest BCUT2D eigenvalue weighted by molar-refractivity contribution is 0.0774. The number of nitrogens with two attached hydrogens (primary N) is 1. The summed E-state index contributed by atoms with van der Waals surface area (Å²) in [4.78, 5) is 22.6. The molecule has 8 nitrogen and oxygen atoms in total. The van der Waals surface area contributed by atoms with Crippen LogP contribution in [0.5, 0.6) is 0 Å². The Morgan fingerprint density at radius 3 is 2.77 bits per heavy atom. The van der Waals surface area contributed by atoms with Gasteiger partial charge in [-0.25, -0.2) is 15.0 Å². The summed E-state index contributed by atoms with van der Waals surface area (Å²) < 4.78 is 2.67. The van der Waals surface area contributed by atoms with Gasteiger partial charge in [-0.3, -0.25) is 14.5 Å². The highest BCUT2D eigenvalue weighted by Crippen LogP contribution is 2.31. The van der Waals surface area contributed by atoms with E-state index in [2.05, 4.69) is 31.0 Å². The second-order valence-electron chi connectivity index (χ2n) is 7.45. The number of aryl methyl sites for hydroxylation is 2. The number of nitrogen functional groups attached to an aromatic ring is 1. The zero-order valence-corrected chi connectivity index (χ0v) is 18.2. The Balaban J connectivity index is 1.61. The van der Waals surface area contributed by atoms with Gasteiger partial charge in [0.1, 0.15) is 11.6 Å². The second kappa shape index (κ2) is 6.94. The van der Waals surface area contributed by atoms with E-state index >= 15 is 0 Å². The number of pyridine rings is 2. The zero-order valence-electron chi connectivity index (χ0n) is 16.6. The molecule has 0 bridgehead atoms. The average Bonchev–Trinajstić information content (AvgIpc) is 3.36. The number of hydrogen-bond donors (Lipinski definition) is 1. The molecule has 1 fully saturated rings. The molecule has 1 aliphatic heterocycles. The largest absolute Gasteiger partial charge is 0.383 e. The molecule has 30 heavy (non-hydrogen) atoms. The van der Waals surface area contributed by atoms with E-state index in [-0.39, 0.29) is 5.91 Å². The minimum atomic E-state index is -0.0521. The number of halogens is 1. The van der Waals surface area contributed by atoms with E-state index in [1.54, 1.807) is 22.1 Å². The van der Waals surface area contributed by atoms with Crippen LogP contribution in [0.25, 0.3) is 21.8 Å². The van der Waals surface area contributed by atoms with Crippen LogP contribution >= 0.6 is 15.9 Å². The normalized spacial score (nSPS) is 14.2. The lowest BCUT2D eigenvalue weighted by Crippen LogP contribution is -2.42. The van der Waals surface area contributed by atoms with Crippen LogP contribution in [0.2, 0.25) is 0 Å². The molecule has 2 N–H and O–H groups in total. The third-order valence-corrected chi connectivity index (χ3v) is 5.99. The average molecular weight is 466 g/mol. The highest BCUT2D eigenvalue weighted by Gasteiger charge is 2.30. The maximum absolute atomic E-state index is 13.6. The van der Waals surface area contributed by atoms with E-state index in [4.69, 9.17) is 5.73 Å². The first-order chi connectivity index (χ1) is 14.4. The molecule has 4 aromatic rings.